The Bertz CT molecular complexity index is 495. The first-order valence-electron chi connectivity index (χ1n) is 5.66. The van der Waals surface area contributed by atoms with Crippen LogP contribution >= 0.6 is 0 Å². The average molecular weight is 270 g/mol. The predicted octanol–water partition coefficient (Wildman–Crippen LogP) is 0.310. The molecule has 0 aliphatic heterocycles. The van der Waals surface area contributed by atoms with Crippen LogP contribution in [0.5, 0.6) is 0 Å². The monoisotopic (exact) mass is 270 g/mol. The standard InChI is InChI=1S/C12H18N2O3S/c1-18(16,17)8-2-7-14-9-10-3-5-11(6-4-10)12(13)15/h3-6,14H,2,7-9H2,1H3,(H2,13,15). The van der Waals surface area contributed by atoms with E-state index in [0.29, 0.717) is 25.1 Å². The van der Waals surface area contributed by atoms with Crippen LogP contribution in [0.3, 0.4) is 0 Å². The van der Waals surface area contributed by atoms with Gasteiger partial charge in [-0.15, -0.1) is 0 Å². The summed E-state index contributed by atoms with van der Waals surface area (Å²) in [6.07, 6.45) is 1.83. The first kappa shape index (κ1) is 14.7. The number of nitrogens with two attached hydrogens (primary N) is 1. The molecule has 6 heteroatoms. The Labute approximate surface area is 107 Å². The molecule has 0 fully saturated rings. The highest BCUT2D eigenvalue weighted by Crippen LogP contribution is 2.03. The van der Waals surface area contributed by atoms with Crippen LogP contribution in [-0.2, 0) is 16.4 Å². The average Bonchev–Trinajstić information content (AvgIpc) is 2.27. The third-order valence-corrected chi connectivity index (χ3v) is 3.47. The van der Waals surface area contributed by atoms with Gasteiger partial charge in [0.25, 0.3) is 0 Å². The number of primary amides is 1. The maximum absolute atomic E-state index is 10.9. The van der Waals surface area contributed by atoms with Crippen molar-refractivity contribution in [2.75, 3.05) is 18.6 Å². The van der Waals surface area contributed by atoms with E-state index in [-0.39, 0.29) is 5.75 Å². The van der Waals surface area contributed by atoms with Gasteiger partial charge in [0.05, 0.1) is 5.75 Å². The zero-order valence-electron chi connectivity index (χ0n) is 10.3. The van der Waals surface area contributed by atoms with Crippen LogP contribution in [-0.4, -0.2) is 32.9 Å². The minimum absolute atomic E-state index is 0.195. The number of sulfone groups is 1. The maximum Gasteiger partial charge on any atom is 0.248 e. The molecule has 0 spiro atoms. The van der Waals surface area contributed by atoms with Gasteiger partial charge in [-0.2, -0.15) is 0 Å². The first-order valence-corrected chi connectivity index (χ1v) is 7.72. The van der Waals surface area contributed by atoms with Crippen molar-refractivity contribution in [3.8, 4) is 0 Å². The van der Waals surface area contributed by atoms with Gasteiger partial charge >= 0.3 is 0 Å². The number of carbonyl (C=O) groups is 1. The van der Waals surface area contributed by atoms with Crippen LogP contribution in [0, 0.1) is 0 Å². The van der Waals surface area contributed by atoms with Crippen LogP contribution in [0.25, 0.3) is 0 Å². The summed E-state index contributed by atoms with van der Waals surface area (Å²) in [5.74, 6) is -0.247. The van der Waals surface area contributed by atoms with Gasteiger partial charge in [0.2, 0.25) is 5.91 Å². The van der Waals surface area contributed by atoms with E-state index >= 15 is 0 Å². The number of amides is 1. The van der Waals surface area contributed by atoms with Crippen LogP contribution < -0.4 is 11.1 Å². The number of hydrogen-bond donors (Lipinski definition) is 2. The summed E-state index contributed by atoms with van der Waals surface area (Å²) in [5.41, 5.74) is 6.64. The van der Waals surface area contributed by atoms with Gasteiger partial charge in [0.1, 0.15) is 9.84 Å². The SMILES string of the molecule is CS(=O)(=O)CCCNCc1ccc(C(N)=O)cc1. The fraction of sp³-hybridized carbons (Fsp3) is 0.417. The predicted molar refractivity (Wildman–Crippen MR) is 71.0 cm³/mol. The molecule has 0 heterocycles. The molecule has 0 bridgehead atoms. The molecule has 1 aromatic carbocycles. The smallest absolute Gasteiger partial charge is 0.248 e. The van der Waals surface area contributed by atoms with Gasteiger partial charge < -0.3 is 11.1 Å². The number of carbonyl (C=O) groups excluding carboxylic acids is 1. The van der Waals surface area contributed by atoms with Crippen molar-refractivity contribution >= 4 is 15.7 Å². The molecule has 1 aromatic rings. The molecule has 0 aliphatic carbocycles. The van der Waals surface area contributed by atoms with E-state index in [1.165, 1.54) is 6.26 Å². The quantitative estimate of drug-likeness (QED) is 0.698. The number of nitrogens with one attached hydrogen (secondary N) is 1. The Kier molecular flexibility index (Phi) is 5.30. The van der Waals surface area contributed by atoms with Gasteiger partial charge in [-0.1, -0.05) is 12.1 Å². The molecular weight excluding hydrogens is 252 g/mol. The fourth-order valence-electron chi connectivity index (χ4n) is 1.48. The Hall–Kier alpha value is -1.40. The molecule has 0 aromatic heterocycles. The van der Waals surface area contributed by atoms with Gasteiger partial charge in [-0.25, -0.2) is 8.42 Å². The summed E-state index contributed by atoms with van der Waals surface area (Å²) in [4.78, 5) is 10.9. The third-order valence-electron chi connectivity index (χ3n) is 2.44. The summed E-state index contributed by atoms with van der Waals surface area (Å²) in [7, 11) is -2.88. The van der Waals surface area contributed by atoms with Crippen molar-refractivity contribution < 1.29 is 13.2 Å². The van der Waals surface area contributed by atoms with Crippen molar-refractivity contribution in [2.45, 2.75) is 13.0 Å². The van der Waals surface area contributed by atoms with Crippen molar-refractivity contribution in [1.29, 1.82) is 0 Å². The molecule has 0 atom stereocenters. The lowest BCUT2D eigenvalue weighted by Crippen LogP contribution is -2.18. The summed E-state index contributed by atoms with van der Waals surface area (Å²) >= 11 is 0. The molecule has 18 heavy (non-hydrogen) atoms. The maximum atomic E-state index is 10.9. The highest BCUT2D eigenvalue weighted by Gasteiger charge is 2.01. The summed E-state index contributed by atoms with van der Waals surface area (Å²) in [6, 6.07) is 7.00. The van der Waals surface area contributed by atoms with Gasteiger partial charge in [0.15, 0.2) is 0 Å². The van der Waals surface area contributed by atoms with E-state index in [1.807, 2.05) is 12.1 Å². The summed E-state index contributed by atoms with van der Waals surface area (Å²) in [5, 5.41) is 3.14. The molecule has 0 unspecified atom stereocenters. The second-order valence-electron chi connectivity index (χ2n) is 4.22. The summed E-state index contributed by atoms with van der Waals surface area (Å²) in [6.45, 7) is 1.29. The third kappa shape index (κ3) is 5.79. The topological polar surface area (TPSA) is 89.3 Å². The van der Waals surface area contributed by atoms with Crippen LogP contribution in [0.15, 0.2) is 24.3 Å². The highest BCUT2D eigenvalue weighted by atomic mass is 32.2. The lowest BCUT2D eigenvalue weighted by molar-refractivity contribution is 0.100. The van der Waals surface area contributed by atoms with Crippen molar-refractivity contribution in [3.05, 3.63) is 35.4 Å². The van der Waals surface area contributed by atoms with E-state index in [9.17, 15) is 13.2 Å². The molecular formula is C12H18N2O3S. The lowest BCUT2D eigenvalue weighted by Gasteiger charge is -2.05. The molecule has 0 saturated heterocycles. The number of rotatable bonds is 7. The van der Waals surface area contributed by atoms with Crippen LogP contribution in [0.4, 0.5) is 0 Å². The molecule has 1 amide bonds. The largest absolute Gasteiger partial charge is 0.366 e. The van der Waals surface area contributed by atoms with Gasteiger partial charge in [0, 0.05) is 18.4 Å². The zero-order valence-corrected chi connectivity index (χ0v) is 11.2. The normalized spacial score (nSPS) is 11.4. The highest BCUT2D eigenvalue weighted by molar-refractivity contribution is 7.90. The fourth-order valence-corrected chi connectivity index (χ4v) is 2.15. The Morgan fingerprint density at radius 1 is 1.28 bits per heavy atom. The second kappa shape index (κ2) is 6.51. The summed E-state index contributed by atoms with van der Waals surface area (Å²) < 4.78 is 21.8. The van der Waals surface area contributed by atoms with E-state index < -0.39 is 15.7 Å². The molecule has 1 rings (SSSR count). The molecule has 0 radical (unpaired) electrons. The number of hydrogen-bond acceptors (Lipinski definition) is 4. The first-order chi connectivity index (χ1) is 8.38. The Morgan fingerprint density at radius 3 is 2.39 bits per heavy atom. The van der Waals surface area contributed by atoms with Crippen molar-refractivity contribution in [3.63, 3.8) is 0 Å². The lowest BCUT2D eigenvalue weighted by atomic mass is 10.1. The van der Waals surface area contributed by atoms with E-state index in [2.05, 4.69) is 5.32 Å². The minimum atomic E-state index is -2.88. The molecule has 0 aliphatic rings. The molecule has 0 saturated carbocycles. The number of benzene rings is 1. The minimum Gasteiger partial charge on any atom is -0.366 e. The van der Waals surface area contributed by atoms with E-state index in [4.69, 9.17) is 5.73 Å². The Morgan fingerprint density at radius 2 is 1.89 bits per heavy atom. The van der Waals surface area contributed by atoms with E-state index in [1.54, 1.807) is 12.1 Å². The molecule has 3 N–H and O–H groups in total. The van der Waals surface area contributed by atoms with Gasteiger partial charge in [-0.3, -0.25) is 4.79 Å². The zero-order chi connectivity index (χ0) is 13.6. The second-order valence-corrected chi connectivity index (χ2v) is 6.48. The van der Waals surface area contributed by atoms with Crippen molar-refractivity contribution in [2.24, 2.45) is 5.73 Å². The van der Waals surface area contributed by atoms with Gasteiger partial charge in [-0.05, 0) is 30.7 Å². The van der Waals surface area contributed by atoms with Crippen LogP contribution in [0.1, 0.15) is 22.3 Å². The van der Waals surface area contributed by atoms with Crippen molar-refractivity contribution in [1.82, 2.24) is 5.32 Å². The Balaban J connectivity index is 2.29. The van der Waals surface area contributed by atoms with Crippen LogP contribution in [0.2, 0.25) is 0 Å². The molecule has 100 valence electrons. The molecule has 5 nitrogen and oxygen atoms in total. The van der Waals surface area contributed by atoms with E-state index in [0.717, 1.165) is 5.56 Å².